The minimum absolute atomic E-state index is 0.0749. The van der Waals surface area contributed by atoms with Gasteiger partial charge in [0.1, 0.15) is 0 Å². The third-order valence-corrected chi connectivity index (χ3v) is 3.67. The van der Waals surface area contributed by atoms with Crippen molar-refractivity contribution >= 4 is 5.91 Å². The maximum atomic E-state index is 11.8. The van der Waals surface area contributed by atoms with Crippen molar-refractivity contribution in [2.24, 2.45) is 0 Å². The van der Waals surface area contributed by atoms with Gasteiger partial charge < -0.3 is 5.32 Å². The van der Waals surface area contributed by atoms with Crippen LogP contribution in [0.3, 0.4) is 0 Å². The van der Waals surface area contributed by atoms with E-state index in [1.165, 1.54) is 19.3 Å². The Morgan fingerprint density at radius 2 is 1.94 bits per heavy atom. The highest BCUT2D eigenvalue weighted by molar-refractivity contribution is 5.77. The molecular weight excluding hydrogens is 214 g/mol. The maximum absolute atomic E-state index is 11.8. The van der Waals surface area contributed by atoms with Crippen LogP contribution in [0.5, 0.6) is 0 Å². The highest BCUT2D eigenvalue weighted by atomic mass is 16.2. The molecule has 4 nitrogen and oxygen atoms in total. The molecule has 17 heavy (non-hydrogen) atoms. The van der Waals surface area contributed by atoms with E-state index in [0.29, 0.717) is 24.7 Å². The van der Waals surface area contributed by atoms with Crippen molar-refractivity contribution in [1.82, 2.24) is 15.8 Å². The highest BCUT2D eigenvalue weighted by Gasteiger charge is 2.25. The van der Waals surface area contributed by atoms with Gasteiger partial charge in [0.15, 0.2) is 0 Å². The third-order valence-electron chi connectivity index (χ3n) is 3.67. The van der Waals surface area contributed by atoms with Gasteiger partial charge >= 0.3 is 0 Å². The summed E-state index contributed by atoms with van der Waals surface area (Å²) < 4.78 is 0. The standard InChI is InChI=1S/C13H27N3O/c1-5-10(2)14-9-13(17)15-16-11(3)7-6-8-12(16)4/h10-12,14H,5-9H2,1-4H3,(H,15,17). The van der Waals surface area contributed by atoms with Crippen LogP contribution in [0, 0.1) is 0 Å². The molecule has 0 saturated carbocycles. The lowest BCUT2D eigenvalue weighted by atomic mass is 10.00. The minimum atomic E-state index is 0.0749. The van der Waals surface area contributed by atoms with E-state index in [1.807, 2.05) is 0 Å². The number of piperidine rings is 1. The molecule has 3 atom stereocenters. The molecule has 0 aromatic heterocycles. The lowest BCUT2D eigenvalue weighted by Gasteiger charge is -2.38. The number of amides is 1. The summed E-state index contributed by atoms with van der Waals surface area (Å²) in [5.74, 6) is 0.0749. The number of carbonyl (C=O) groups excluding carboxylic acids is 1. The fraction of sp³-hybridized carbons (Fsp3) is 0.923. The Bertz CT molecular complexity index is 235. The summed E-state index contributed by atoms with van der Waals surface area (Å²) >= 11 is 0. The van der Waals surface area contributed by atoms with E-state index in [1.54, 1.807) is 0 Å². The van der Waals surface area contributed by atoms with Crippen LogP contribution in [0.2, 0.25) is 0 Å². The van der Waals surface area contributed by atoms with Gasteiger partial charge in [-0.25, -0.2) is 5.01 Å². The molecule has 0 spiro atoms. The van der Waals surface area contributed by atoms with Gasteiger partial charge in [-0.1, -0.05) is 13.3 Å². The van der Waals surface area contributed by atoms with Crippen molar-refractivity contribution in [2.75, 3.05) is 6.54 Å². The summed E-state index contributed by atoms with van der Waals surface area (Å²) in [6.07, 6.45) is 4.65. The van der Waals surface area contributed by atoms with Crippen molar-refractivity contribution < 1.29 is 4.79 Å². The number of hydrazine groups is 1. The zero-order valence-corrected chi connectivity index (χ0v) is 11.6. The lowest BCUT2D eigenvalue weighted by Crippen LogP contribution is -2.56. The topological polar surface area (TPSA) is 44.4 Å². The number of nitrogens with zero attached hydrogens (tertiary/aromatic N) is 1. The quantitative estimate of drug-likeness (QED) is 0.769. The van der Waals surface area contributed by atoms with Gasteiger partial charge in [-0.05, 0) is 40.0 Å². The Balaban J connectivity index is 2.33. The second-order valence-electron chi connectivity index (χ2n) is 5.26. The molecule has 1 fully saturated rings. The smallest absolute Gasteiger partial charge is 0.248 e. The fourth-order valence-corrected chi connectivity index (χ4v) is 2.24. The van der Waals surface area contributed by atoms with Crippen molar-refractivity contribution in [1.29, 1.82) is 0 Å². The molecule has 1 saturated heterocycles. The van der Waals surface area contributed by atoms with E-state index >= 15 is 0 Å². The van der Waals surface area contributed by atoms with Crippen LogP contribution < -0.4 is 10.7 Å². The molecule has 100 valence electrons. The Hall–Kier alpha value is -0.610. The SMILES string of the molecule is CCC(C)NCC(=O)NN1C(C)CCCC1C. The summed E-state index contributed by atoms with van der Waals surface area (Å²) in [5.41, 5.74) is 3.03. The molecule has 1 aliphatic heterocycles. The van der Waals surface area contributed by atoms with Crippen LogP contribution >= 0.6 is 0 Å². The van der Waals surface area contributed by atoms with Crippen LogP contribution in [0.4, 0.5) is 0 Å². The average Bonchev–Trinajstić information content (AvgIpc) is 2.31. The second-order valence-corrected chi connectivity index (χ2v) is 5.26. The highest BCUT2D eigenvalue weighted by Crippen LogP contribution is 2.19. The first-order chi connectivity index (χ1) is 8.04. The van der Waals surface area contributed by atoms with Crippen molar-refractivity contribution in [3.63, 3.8) is 0 Å². The van der Waals surface area contributed by atoms with Crippen LogP contribution in [-0.4, -0.2) is 35.6 Å². The number of nitrogens with one attached hydrogen (secondary N) is 2. The molecule has 4 heteroatoms. The molecule has 0 bridgehead atoms. The molecule has 1 rings (SSSR count). The van der Waals surface area contributed by atoms with Gasteiger partial charge in [-0.2, -0.15) is 0 Å². The summed E-state index contributed by atoms with van der Waals surface area (Å²) in [5, 5.41) is 5.33. The number of hydrogen-bond acceptors (Lipinski definition) is 3. The van der Waals surface area contributed by atoms with E-state index < -0.39 is 0 Å². The first kappa shape index (κ1) is 14.5. The summed E-state index contributed by atoms with van der Waals surface area (Å²) in [6.45, 7) is 8.98. The van der Waals surface area contributed by atoms with E-state index in [4.69, 9.17) is 0 Å². The van der Waals surface area contributed by atoms with Gasteiger partial charge in [-0.15, -0.1) is 0 Å². The number of rotatable bonds is 5. The molecule has 0 aliphatic carbocycles. The second kappa shape index (κ2) is 6.97. The first-order valence-electron chi connectivity index (χ1n) is 6.85. The van der Waals surface area contributed by atoms with Gasteiger partial charge in [0.2, 0.25) is 5.91 Å². The van der Waals surface area contributed by atoms with Gasteiger partial charge in [-0.3, -0.25) is 10.2 Å². The van der Waals surface area contributed by atoms with Crippen molar-refractivity contribution in [3.05, 3.63) is 0 Å². The predicted molar refractivity (Wildman–Crippen MR) is 70.5 cm³/mol. The van der Waals surface area contributed by atoms with Gasteiger partial charge in [0, 0.05) is 18.1 Å². The molecular formula is C13H27N3O. The van der Waals surface area contributed by atoms with E-state index in [9.17, 15) is 4.79 Å². The third kappa shape index (κ3) is 4.64. The Labute approximate surface area is 105 Å². The largest absolute Gasteiger partial charge is 0.306 e. The van der Waals surface area contributed by atoms with Gasteiger partial charge in [0.25, 0.3) is 0 Å². The van der Waals surface area contributed by atoms with Crippen LogP contribution in [0.25, 0.3) is 0 Å². The zero-order valence-electron chi connectivity index (χ0n) is 11.6. The molecule has 0 aromatic rings. The fourth-order valence-electron chi connectivity index (χ4n) is 2.24. The maximum Gasteiger partial charge on any atom is 0.248 e. The van der Waals surface area contributed by atoms with Crippen molar-refractivity contribution in [3.8, 4) is 0 Å². The van der Waals surface area contributed by atoms with E-state index in [0.717, 1.165) is 6.42 Å². The van der Waals surface area contributed by atoms with Crippen LogP contribution in [0.15, 0.2) is 0 Å². The molecule has 1 heterocycles. The average molecular weight is 241 g/mol. The summed E-state index contributed by atoms with van der Waals surface area (Å²) in [4.78, 5) is 11.8. The van der Waals surface area contributed by atoms with Crippen LogP contribution in [0.1, 0.15) is 53.4 Å². The molecule has 1 aliphatic rings. The molecule has 3 unspecified atom stereocenters. The Morgan fingerprint density at radius 3 is 2.47 bits per heavy atom. The molecule has 2 N–H and O–H groups in total. The van der Waals surface area contributed by atoms with Gasteiger partial charge in [0.05, 0.1) is 6.54 Å². The normalized spacial score (nSPS) is 27.8. The number of hydrogen-bond donors (Lipinski definition) is 2. The van der Waals surface area contributed by atoms with E-state index in [-0.39, 0.29) is 5.91 Å². The predicted octanol–water partition coefficient (Wildman–Crippen LogP) is 1.67. The number of carbonyl (C=O) groups is 1. The molecule has 0 aromatic carbocycles. The van der Waals surface area contributed by atoms with E-state index in [2.05, 4.69) is 43.4 Å². The first-order valence-corrected chi connectivity index (χ1v) is 6.85. The minimum Gasteiger partial charge on any atom is -0.306 e. The molecule has 1 amide bonds. The zero-order chi connectivity index (χ0) is 12.8. The van der Waals surface area contributed by atoms with Crippen molar-refractivity contribution in [2.45, 2.75) is 71.5 Å². The van der Waals surface area contributed by atoms with Crippen LogP contribution in [-0.2, 0) is 4.79 Å². The lowest BCUT2D eigenvalue weighted by molar-refractivity contribution is -0.128. The monoisotopic (exact) mass is 241 g/mol. The summed E-state index contributed by atoms with van der Waals surface area (Å²) in [7, 11) is 0. The summed E-state index contributed by atoms with van der Waals surface area (Å²) in [6, 6.07) is 1.30. The Kier molecular flexibility index (Phi) is 5.92. The Morgan fingerprint density at radius 1 is 1.35 bits per heavy atom. The molecule has 0 radical (unpaired) electrons.